The second-order valence-corrected chi connectivity index (χ2v) is 6.98. The molecule has 0 N–H and O–H groups in total. The van der Waals surface area contributed by atoms with Gasteiger partial charge < -0.3 is 24.8 Å². The Labute approximate surface area is 207 Å². The Morgan fingerprint density at radius 2 is 0.793 bits per heavy atom. The minimum Gasteiger partial charge on any atom is -1.00 e. The van der Waals surface area contributed by atoms with Crippen molar-refractivity contribution in [2.75, 3.05) is 0 Å². The number of benzene rings is 2. The van der Waals surface area contributed by atoms with E-state index in [1.807, 2.05) is 0 Å². The zero-order chi connectivity index (χ0) is 18.5. The smallest absolute Gasteiger partial charge is 1.00 e. The Bertz CT molecular complexity index is 879. The number of rotatable bonds is 2. The van der Waals surface area contributed by atoms with Crippen molar-refractivity contribution in [3.8, 4) is 22.3 Å². The maximum Gasteiger partial charge on any atom is 4.00 e. The van der Waals surface area contributed by atoms with Gasteiger partial charge in [-0.1, -0.05) is 60.4 Å². The van der Waals surface area contributed by atoms with Crippen LogP contribution in [-0.4, -0.2) is 0 Å². The first-order valence-corrected chi connectivity index (χ1v) is 9.13. The van der Waals surface area contributed by atoms with Crippen LogP contribution in [0.25, 0.3) is 22.3 Å². The fourth-order valence-electron chi connectivity index (χ4n) is 3.13. The maximum absolute atomic E-state index is 2.18. The molecule has 4 aromatic rings. The summed E-state index contributed by atoms with van der Waals surface area (Å²) in [6.45, 7) is 8.52. The van der Waals surface area contributed by atoms with Crippen LogP contribution >= 0.6 is 0 Å². The van der Waals surface area contributed by atoms with Gasteiger partial charge >= 0.3 is 26.2 Å². The van der Waals surface area contributed by atoms with Crippen LogP contribution in [0.4, 0.5) is 0 Å². The topological polar surface area (TPSA) is 0 Å². The molecule has 0 nitrogen and oxygen atoms in total. The molecule has 0 aliphatic carbocycles. The van der Waals surface area contributed by atoms with Gasteiger partial charge in [-0.25, -0.2) is 0 Å². The summed E-state index contributed by atoms with van der Waals surface area (Å²) in [6.07, 6.45) is 0. The molecule has 0 aliphatic heterocycles. The first-order chi connectivity index (χ1) is 12.5. The van der Waals surface area contributed by atoms with E-state index < -0.39 is 0 Å². The summed E-state index contributed by atoms with van der Waals surface area (Å²) in [5.41, 5.74) is 10.6. The zero-order valence-corrected chi connectivity index (χ0v) is 21.3. The molecule has 4 rings (SSSR count). The Hall–Kier alpha value is -1.40. The van der Waals surface area contributed by atoms with Crippen molar-refractivity contribution < 1.29 is 51.0 Å². The molecule has 148 valence electrons. The molecule has 0 heterocycles. The monoisotopic (exact) mass is 498 g/mol. The Kier molecular flexibility index (Phi) is 12.4. The average Bonchev–Trinajstić information content (AvgIpc) is 3.25. The van der Waals surface area contributed by atoms with Gasteiger partial charge in [-0.15, -0.1) is 70.8 Å². The third kappa shape index (κ3) is 7.41. The first-order valence-electron chi connectivity index (χ1n) is 9.13. The van der Waals surface area contributed by atoms with Gasteiger partial charge in [0.15, 0.2) is 0 Å². The van der Waals surface area contributed by atoms with Crippen LogP contribution in [0.3, 0.4) is 0 Å². The van der Waals surface area contributed by atoms with E-state index in [1.54, 1.807) is 0 Å². The summed E-state index contributed by atoms with van der Waals surface area (Å²) in [7, 11) is 0. The van der Waals surface area contributed by atoms with Crippen molar-refractivity contribution in [2.24, 2.45) is 0 Å². The predicted octanol–water partition coefficient (Wildman–Crippen LogP) is 1.38. The summed E-state index contributed by atoms with van der Waals surface area (Å²) in [6, 6.07) is 30.2. The van der Waals surface area contributed by atoms with Crippen molar-refractivity contribution in [3.63, 3.8) is 0 Å². The van der Waals surface area contributed by atoms with Crippen molar-refractivity contribution >= 4 is 0 Å². The second kappa shape index (κ2) is 13.0. The molecule has 0 aromatic heterocycles. The molecule has 0 radical (unpaired) electrons. The summed E-state index contributed by atoms with van der Waals surface area (Å²) < 4.78 is 0. The molecule has 0 atom stereocenters. The molecule has 0 fully saturated rings. The van der Waals surface area contributed by atoms with E-state index in [0.717, 1.165) is 0 Å². The van der Waals surface area contributed by atoms with Crippen LogP contribution in [-0.2, 0) is 26.2 Å². The molecule has 0 bridgehead atoms. The Balaban J connectivity index is 0.000000490. The Morgan fingerprint density at radius 3 is 1.03 bits per heavy atom. The zero-order valence-electron chi connectivity index (χ0n) is 17.3. The molecular weight excluding hydrogens is 474 g/mol. The minimum absolute atomic E-state index is 0. The minimum atomic E-state index is 0. The van der Waals surface area contributed by atoms with Crippen LogP contribution < -0.4 is 24.8 Å². The molecule has 0 unspecified atom stereocenters. The summed E-state index contributed by atoms with van der Waals surface area (Å²) in [5.74, 6) is 0. The number of hydrogen-bond acceptors (Lipinski definition) is 0. The van der Waals surface area contributed by atoms with Crippen LogP contribution in [0.5, 0.6) is 0 Å². The molecule has 0 spiro atoms. The summed E-state index contributed by atoms with van der Waals surface area (Å²) in [4.78, 5) is 0. The van der Waals surface area contributed by atoms with E-state index in [2.05, 4.69) is 113 Å². The second-order valence-electron chi connectivity index (χ2n) is 6.98. The SMILES string of the molecule is Cc1ccc(-[c-]2cccc2C)cc1.Cc1ccc(-[c-]2cccc2C)cc1.[Cl-].[Cl-].[Zr+4]. The van der Waals surface area contributed by atoms with E-state index in [9.17, 15) is 0 Å². The van der Waals surface area contributed by atoms with E-state index in [1.165, 1.54) is 44.5 Å². The average molecular weight is 501 g/mol. The van der Waals surface area contributed by atoms with Gasteiger partial charge in [-0.3, -0.25) is 0 Å². The van der Waals surface area contributed by atoms with Gasteiger partial charge in [0.1, 0.15) is 0 Å². The quantitative estimate of drug-likeness (QED) is 0.365. The van der Waals surface area contributed by atoms with E-state index >= 15 is 0 Å². The first kappa shape index (κ1) is 27.6. The van der Waals surface area contributed by atoms with Gasteiger partial charge in [-0.05, 0) is 13.8 Å². The van der Waals surface area contributed by atoms with Gasteiger partial charge in [0.25, 0.3) is 0 Å². The number of halogens is 2. The van der Waals surface area contributed by atoms with Crippen LogP contribution in [0, 0.1) is 27.7 Å². The Morgan fingerprint density at radius 1 is 0.483 bits per heavy atom. The van der Waals surface area contributed by atoms with E-state index in [4.69, 9.17) is 0 Å². The summed E-state index contributed by atoms with van der Waals surface area (Å²) in [5, 5.41) is 0. The third-order valence-corrected chi connectivity index (χ3v) is 4.79. The van der Waals surface area contributed by atoms with Gasteiger partial charge in [0, 0.05) is 0 Å². The van der Waals surface area contributed by atoms with Crippen LogP contribution in [0.15, 0.2) is 84.9 Å². The standard InChI is InChI=1S/2C13H13.2ClH.Zr/c2*1-10-6-8-12(9-7-10)13-5-3-4-11(13)2;;;/h2*3-9H,1-2H3;2*1H;/q2*-1;;;+4/p-2. The maximum atomic E-state index is 2.18. The summed E-state index contributed by atoms with van der Waals surface area (Å²) >= 11 is 0. The molecule has 3 heteroatoms. The third-order valence-electron chi connectivity index (χ3n) is 4.79. The molecule has 0 saturated carbocycles. The largest absolute Gasteiger partial charge is 4.00 e. The number of aryl methyl sites for hydroxylation is 4. The van der Waals surface area contributed by atoms with Crippen molar-refractivity contribution in [3.05, 3.63) is 107 Å². The van der Waals surface area contributed by atoms with Gasteiger partial charge in [0.2, 0.25) is 0 Å². The normalized spacial score (nSPS) is 9.24. The molecule has 29 heavy (non-hydrogen) atoms. The van der Waals surface area contributed by atoms with Gasteiger partial charge in [-0.2, -0.15) is 12.1 Å². The fourth-order valence-corrected chi connectivity index (χ4v) is 3.13. The fraction of sp³-hybridized carbons (Fsp3) is 0.154. The van der Waals surface area contributed by atoms with Crippen molar-refractivity contribution in [2.45, 2.75) is 27.7 Å². The molecule has 0 amide bonds. The molecule has 4 aromatic carbocycles. The van der Waals surface area contributed by atoms with Crippen LogP contribution in [0.2, 0.25) is 0 Å². The number of hydrogen-bond donors (Lipinski definition) is 0. The molecule has 0 saturated heterocycles. The predicted molar refractivity (Wildman–Crippen MR) is 114 cm³/mol. The van der Waals surface area contributed by atoms with E-state index in [0.29, 0.717) is 0 Å². The van der Waals surface area contributed by atoms with Crippen molar-refractivity contribution in [1.29, 1.82) is 0 Å². The molecular formula is C26H26Cl2Zr. The van der Waals surface area contributed by atoms with Gasteiger partial charge in [0.05, 0.1) is 0 Å². The van der Waals surface area contributed by atoms with Crippen LogP contribution in [0.1, 0.15) is 22.3 Å². The van der Waals surface area contributed by atoms with E-state index in [-0.39, 0.29) is 51.0 Å². The molecule has 0 aliphatic rings. The van der Waals surface area contributed by atoms with Crippen molar-refractivity contribution in [1.82, 2.24) is 0 Å².